The molecule has 1 N–H and O–H groups in total. The summed E-state index contributed by atoms with van der Waals surface area (Å²) in [4.78, 5) is 21.5. The number of benzene rings is 1. The molecule has 0 saturated heterocycles. The number of rotatable bonds is 6. The molecular formula is C24H24F4N4O. The first-order valence-electron chi connectivity index (χ1n) is 11.0. The third-order valence-electron chi connectivity index (χ3n) is 7.08. The van der Waals surface area contributed by atoms with E-state index >= 15 is 4.39 Å². The number of aryl methyl sites for hydroxylation is 1. The number of aromatic nitrogens is 3. The second-order valence-corrected chi connectivity index (χ2v) is 9.52. The lowest BCUT2D eigenvalue weighted by Gasteiger charge is -2.66. The molecule has 9 heteroatoms. The summed E-state index contributed by atoms with van der Waals surface area (Å²) >= 11 is 0. The standard InChI is InChI=1S/C24H24F4N4O/c1-4-17(14-6-5-7-16(18(14)25)22(3,26)27)31-20-15-8-32(24-9-23(28,10-24)11-24)21(33)13(2)19(15)29-12-30-20/h5-8,12,17H,4,9-11H2,1-3H3,(H,29,30,31). The molecule has 1 atom stereocenters. The Balaban J connectivity index is 1.58. The summed E-state index contributed by atoms with van der Waals surface area (Å²) in [6.07, 6.45) is 4.27. The summed E-state index contributed by atoms with van der Waals surface area (Å²) < 4.78 is 58.5. The van der Waals surface area contributed by atoms with E-state index in [1.54, 1.807) is 24.6 Å². The fraction of sp³-hybridized carbons (Fsp3) is 0.458. The molecule has 0 amide bonds. The Kier molecular flexibility index (Phi) is 4.64. The molecule has 1 unspecified atom stereocenters. The average Bonchev–Trinajstić information content (AvgIpc) is 2.71. The maximum atomic E-state index is 15.0. The fourth-order valence-electron chi connectivity index (χ4n) is 5.35. The summed E-state index contributed by atoms with van der Waals surface area (Å²) in [5.74, 6) is -3.92. The maximum absolute atomic E-state index is 15.0. The van der Waals surface area contributed by atoms with Gasteiger partial charge in [0.1, 0.15) is 23.6 Å². The van der Waals surface area contributed by atoms with Crippen molar-refractivity contribution in [1.82, 2.24) is 14.5 Å². The molecule has 6 rings (SSSR count). The molecule has 2 heterocycles. The average molecular weight is 460 g/mol. The lowest BCUT2D eigenvalue weighted by atomic mass is 9.47. The molecule has 3 aromatic rings. The monoisotopic (exact) mass is 460 g/mol. The summed E-state index contributed by atoms with van der Waals surface area (Å²) in [5.41, 5.74) is -1.61. The van der Waals surface area contributed by atoms with Crippen molar-refractivity contribution in [3.05, 3.63) is 63.6 Å². The number of halogens is 4. The molecule has 3 aliphatic rings. The molecule has 174 valence electrons. The Labute approximate surface area is 187 Å². The third-order valence-corrected chi connectivity index (χ3v) is 7.08. The minimum absolute atomic E-state index is 0.104. The van der Waals surface area contributed by atoms with Crippen LogP contribution < -0.4 is 10.9 Å². The molecule has 2 bridgehead atoms. The first kappa shape index (κ1) is 21.9. The van der Waals surface area contributed by atoms with Gasteiger partial charge in [0, 0.05) is 43.5 Å². The van der Waals surface area contributed by atoms with Crippen LogP contribution in [0.2, 0.25) is 0 Å². The number of alkyl halides is 3. The van der Waals surface area contributed by atoms with Gasteiger partial charge in [-0.15, -0.1) is 0 Å². The molecule has 5 nitrogen and oxygen atoms in total. The van der Waals surface area contributed by atoms with E-state index in [0.717, 1.165) is 6.07 Å². The number of anilines is 1. The van der Waals surface area contributed by atoms with Gasteiger partial charge < -0.3 is 9.88 Å². The number of nitrogens with one attached hydrogen (secondary N) is 1. The van der Waals surface area contributed by atoms with Crippen LogP contribution in [0.3, 0.4) is 0 Å². The van der Waals surface area contributed by atoms with Gasteiger partial charge in [0.05, 0.1) is 28.0 Å². The van der Waals surface area contributed by atoms with Gasteiger partial charge in [-0.1, -0.05) is 25.1 Å². The van der Waals surface area contributed by atoms with E-state index in [1.165, 1.54) is 18.5 Å². The van der Waals surface area contributed by atoms with Crippen LogP contribution in [0.4, 0.5) is 23.4 Å². The SMILES string of the molecule is CCC(Nc1ncnc2c(C)c(=O)n(C34CC(F)(C3)C4)cc12)c1cccc(C(C)(F)F)c1F. The van der Waals surface area contributed by atoms with Gasteiger partial charge >= 0.3 is 0 Å². The topological polar surface area (TPSA) is 59.8 Å². The van der Waals surface area contributed by atoms with Crippen LogP contribution >= 0.6 is 0 Å². The van der Waals surface area contributed by atoms with E-state index in [-0.39, 0.29) is 11.1 Å². The number of pyridine rings is 1. The largest absolute Gasteiger partial charge is 0.363 e. The van der Waals surface area contributed by atoms with E-state index < -0.39 is 34.6 Å². The second-order valence-electron chi connectivity index (χ2n) is 9.52. The van der Waals surface area contributed by atoms with Crippen molar-refractivity contribution in [2.75, 3.05) is 5.32 Å². The predicted molar refractivity (Wildman–Crippen MR) is 117 cm³/mol. The smallest absolute Gasteiger partial charge is 0.273 e. The minimum Gasteiger partial charge on any atom is -0.363 e. The van der Waals surface area contributed by atoms with Crippen LogP contribution in [0.15, 0.2) is 35.5 Å². The maximum Gasteiger partial charge on any atom is 0.273 e. The highest BCUT2D eigenvalue weighted by molar-refractivity contribution is 5.90. The van der Waals surface area contributed by atoms with Gasteiger partial charge in [0.15, 0.2) is 0 Å². The van der Waals surface area contributed by atoms with Crippen LogP contribution in [0, 0.1) is 12.7 Å². The zero-order chi connectivity index (χ0) is 23.8. The minimum atomic E-state index is -3.32. The van der Waals surface area contributed by atoms with E-state index in [4.69, 9.17) is 0 Å². The van der Waals surface area contributed by atoms with Gasteiger partial charge in [0.25, 0.3) is 11.5 Å². The Hall–Kier alpha value is -2.97. The molecule has 3 saturated carbocycles. The molecule has 0 spiro atoms. The number of hydrogen-bond donors (Lipinski definition) is 1. The van der Waals surface area contributed by atoms with Crippen molar-refractivity contribution >= 4 is 16.7 Å². The Morgan fingerprint density at radius 1 is 1.24 bits per heavy atom. The third kappa shape index (κ3) is 3.23. The van der Waals surface area contributed by atoms with Crippen molar-refractivity contribution in [2.45, 2.75) is 69.6 Å². The van der Waals surface area contributed by atoms with Crippen molar-refractivity contribution in [3.63, 3.8) is 0 Å². The zero-order valence-electron chi connectivity index (χ0n) is 18.6. The summed E-state index contributed by atoms with van der Waals surface area (Å²) in [7, 11) is 0. The first-order chi connectivity index (χ1) is 15.5. The van der Waals surface area contributed by atoms with Crippen molar-refractivity contribution in [1.29, 1.82) is 0 Å². The first-order valence-corrected chi connectivity index (χ1v) is 11.0. The quantitative estimate of drug-likeness (QED) is 0.493. The molecule has 0 aliphatic heterocycles. The van der Waals surface area contributed by atoms with Crippen LogP contribution in [-0.4, -0.2) is 20.2 Å². The van der Waals surface area contributed by atoms with Crippen LogP contribution in [0.1, 0.15) is 62.3 Å². The van der Waals surface area contributed by atoms with Gasteiger partial charge in [-0.3, -0.25) is 4.79 Å². The normalized spacial score (nSPS) is 24.8. The Morgan fingerprint density at radius 2 is 1.94 bits per heavy atom. The summed E-state index contributed by atoms with van der Waals surface area (Å²) in [5, 5.41) is 3.71. The number of hydrogen-bond acceptors (Lipinski definition) is 4. The summed E-state index contributed by atoms with van der Waals surface area (Å²) in [6, 6.07) is 3.31. The number of fused-ring (bicyclic) bond motifs is 1. The highest BCUT2D eigenvalue weighted by Crippen LogP contribution is 2.67. The van der Waals surface area contributed by atoms with Gasteiger partial charge in [0.2, 0.25) is 0 Å². The Bertz CT molecular complexity index is 1310. The van der Waals surface area contributed by atoms with E-state index in [1.807, 2.05) is 0 Å². The molecule has 3 aliphatic carbocycles. The second kappa shape index (κ2) is 7.01. The van der Waals surface area contributed by atoms with Gasteiger partial charge in [-0.2, -0.15) is 0 Å². The van der Waals surface area contributed by atoms with Gasteiger partial charge in [-0.05, 0) is 13.3 Å². The lowest BCUT2D eigenvalue weighted by molar-refractivity contribution is -0.199. The van der Waals surface area contributed by atoms with Crippen LogP contribution in [-0.2, 0) is 11.5 Å². The molecule has 0 radical (unpaired) electrons. The van der Waals surface area contributed by atoms with E-state index in [9.17, 15) is 18.0 Å². The zero-order valence-corrected chi connectivity index (χ0v) is 18.6. The molecule has 3 fully saturated rings. The van der Waals surface area contributed by atoms with Crippen molar-refractivity contribution in [2.24, 2.45) is 0 Å². The highest BCUT2D eigenvalue weighted by Gasteiger charge is 2.70. The predicted octanol–water partition coefficient (Wildman–Crippen LogP) is 5.52. The number of nitrogens with zero attached hydrogens (tertiary/aromatic N) is 3. The molecule has 1 aromatic carbocycles. The lowest BCUT2D eigenvalue weighted by Crippen LogP contribution is -2.71. The van der Waals surface area contributed by atoms with E-state index in [2.05, 4.69) is 15.3 Å². The molecular weight excluding hydrogens is 436 g/mol. The molecule has 33 heavy (non-hydrogen) atoms. The molecule has 2 aromatic heterocycles. The summed E-state index contributed by atoms with van der Waals surface area (Å²) in [6.45, 7) is 4.13. The van der Waals surface area contributed by atoms with Crippen molar-refractivity contribution < 1.29 is 17.6 Å². The highest BCUT2D eigenvalue weighted by atomic mass is 19.3. The Morgan fingerprint density at radius 3 is 2.55 bits per heavy atom. The van der Waals surface area contributed by atoms with Crippen molar-refractivity contribution in [3.8, 4) is 0 Å². The fourth-order valence-corrected chi connectivity index (χ4v) is 5.35. The van der Waals surface area contributed by atoms with E-state index in [0.29, 0.717) is 54.9 Å². The van der Waals surface area contributed by atoms with Crippen LogP contribution in [0.25, 0.3) is 10.9 Å². The van der Waals surface area contributed by atoms with Gasteiger partial charge in [-0.25, -0.2) is 27.5 Å². The van der Waals surface area contributed by atoms with Crippen LogP contribution in [0.5, 0.6) is 0 Å².